The summed E-state index contributed by atoms with van der Waals surface area (Å²) < 4.78 is 5.56. The standard InChI is InChI=1S/C19H23N5OS/c1-4-20-19(22-11-17-23-13(2)14(3)26-17)21-10-16-12-25-18(24-16)15-8-6-5-7-9-15/h5-9,12H,4,10-11H2,1-3H3,(H2,20,21,22). The van der Waals surface area contributed by atoms with Crippen molar-refractivity contribution in [2.45, 2.75) is 33.9 Å². The number of aromatic nitrogens is 2. The second-order valence-corrected chi connectivity index (χ2v) is 7.10. The minimum absolute atomic E-state index is 0.446. The van der Waals surface area contributed by atoms with E-state index in [1.54, 1.807) is 17.6 Å². The maximum absolute atomic E-state index is 5.56. The van der Waals surface area contributed by atoms with Gasteiger partial charge in [-0.2, -0.15) is 0 Å². The van der Waals surface area contributed by atoms with Gasteiger partial charge in [0.15, 0.2) is 5.96 Å². The summed E-state index contributed by atoms with van der Waals surface area (Å²) in [6, 6.07) is 9.85. The highest BCUT2D eigenvalue weighted by atomic mass is 32.1. The van der Waals surface area contributed by atoms with Crippen LogP contribution in [0, 0.1) is 13.8 Å². The van der Waals surface area contributed by atoms with Gasteiger partial charge < -0.3 is 15.1 Å². The Labute approximate surface area is 157 Å². The number of nitrogens with zero attached hydrogens (tertiary/aromatic N) is 3. The molecule has 2 heterocycles. The number of benzene rings is 1. The highest BCUT2D eigenvalue weighted by molar-refractivity contribution is 7.11. The zero-order chi connectivity index (χ0) is 18.4. The van der Waals surface area contributed by atoms with Gasteiger partial charge in [0.25, 0.3) is 0 Å². The van der Waals surface area contributed by atoms with Crippen molar-refractivity contribution in [2.24, 2.45) is 4.99 Å². The third-order valence-electron chi connectivity index (χ3n) is 3.80. The van der Waals surface area contributed by atoms with Gasteiger partial charge in [0.1, 0.15) is 17.0 Å². The van der Waals surface area contributed by atoms with Crippen LogP contribution in [-0.4, -0.2) is 22.5 Å². The normalized spacial score (nSPS) is 11.6. The highest BCUT2D eigenvalue weighted by Crippen LogP contribution is 2.18. The van der Waals surface area contributed by atoms with E-state index in [4.69, 9.17) is 4.42 Å². The molecule has 0 atom stereocenters. The van der Waals surface area contributed by atoms with Crippen molar-refractivity contribution in [3.63, 3.8) is 0 Å². The number of thiazole rings is 1. The minimum atomic E-state index is 0.446. The summed E-state index contributed by atoms with van der Waals surface area (Å²) in [5.41, 5.74) is 2.84. The fourth-order valence-electron chi connectivity index (χ4n) is 2.37. The summed E-state index contributed by atoms with van der Waals surface area (Å²) in [6.45, 7) is 8.05. The van der Waals surface area contributed by atoms with Gasteiger partial charge in [0, 0.05) is 17.0 Å². The van der Waals surface area contributed by atoms with E-state index in [2.05, 4.69) is 32.5 Å². The molecule has 0 fully saturated rings. The van der Waals surface area contributed by atoms with E-state index in [1.807, 2.05) is 44.2 Å². The molecule has 2 aromatic heterocycles. The predicted octanol–water partition coefficient (Wildman–Crippen LogP) is 3.67. The lowest BCUT2D eigenvalue weighted by atomic mass is 10.2. The van der Waals surface area contributed by atoms with E-state index in [9.17, 15) is 0 Å². The molecule has 0 aliphatic heterocycles. The monoisotopic (exact) mass is 369 g/mol. The van der Waals surface area contributed by atoms with Crippen LogP contribution in [-0.2, 0) is 13.1 Å². The molecule has 0 amide bonds. The first-order valence-electron chi connectivity index (χ1n) is 8.60. The molecule has 0 radical (unpaired) electrons. The van der Waals surface area contributed by atoms with Crippen molar-refractivity contribution in [2.75, 3.05) is 6.54 Å². The first kappa shape index (κ1) is 18.1. The SMILES string of the molecule is CCNC(=NCc1coc(-c2ccccc2)n1)NCc1nc(C)c(C)s1. The molecule has 0 bridgehead atoms. The van der Waals surface area contributed by atoms with Crippen LogP contribution in [0.25, 0.3) is 11.5 Å². The van der Waals surface area contributed by atoms with Crippen molar-refractivity contribution < 1.29 is 4.42 Å². The van der Waals surface area contributed by atoms with Crippen LogP contribution in [0.2, 0.25) is 0 Å². The summed E-state index contributed by atoms with van der Waals surface area (Å²) >= 11 is 1.71. The lowest BCUT2D eigenvalue weighted by molar-refractivity contribution is 0.572. The molecule has 26 heavy (non-hydrogen) atoms. The average molecular weight is 369 g/mol. The lowest BCUT2D eigenvalue weighted by Gasteiger charge is -2.09. The van der Waals surface area contributed by atoms with Gasteiger partial charge in [-0.05, 0) is 32.9 Å². The maximum atomic E-state index is 5.56. The summed E-state index contributed by atoms with van der Waals surface area (Å²) in [7, 11) is 0. The number of nitrogens with one attached hydrogen (secondary N) is 2. The van der Waals surface area contributed by atoms with Crippen molar-refractivity contribution in [1.29, 1.82) is 0 Å². The quantitative estimate of drug-likeness (QED) is 0.512. The van der Waals surface area contributed by atoms with Crippen molar-refractivity contribution >= 4 is 17.3 Å². The van der Waals surface area contributed by atoms with Crippen molar-refractivity contribution in [3.8, 4) is 11.5 Å². The molecule has 6 nitrogen and oxygen atoms in total. The van der Waals surface area contributed by atoms with Crippen LogP contribution in [0.3, 0.4) is 0 Å². The first-order chi connectivity index (χ1) is 12.7. The van der Waals surface area contributed by atoms with E-state index < -0.39 is 0 Å². The number of hydrogen-bond donors (Lipinski definition) is 2. The fourth-order valence-corrected chi connectivity index (χ4v) is 3.24. The number of aryl methyl sites for hydroxylation is 2. The summed E-state index contributed by atoms with van der Waals surface area (Å²) in [6.07, 6.45) is 1.66. The maximum Gasteiger partial charge on any atom is 0.226 e. The topological polar surface area (TPSA) is 75.3 Å². The average Bonchev–Trinajstić information content (AvgIpc) is 3.25. The Morgan fingerprint density at radius 3 is 2.65 bits per heavy atom. The Morgan fingerprint density at radius 2 is 1.96 bits per heavy atom. The molecule has 0 saturated carbocycles. The van der Waals surface area contributed by atoms with E-state index in [1.165, 1.54) is 4.88 Å². The van der Waals surface area contributed by atoms with Crippen LogP contribution in [0.5, 0.6) is 0 Å². The summed E-state index contributed by atoms with van der Waals surface area (Å²) in [5.74, 6) is 1.35. The van der Waals surface area contributed by atoms with Crippen LogP contribution in [0.1, 0.15) is 28.2 Å². The molecule has 136 valence electrons. The van der Waals surface area contributed by atoms with E-state index in [-0.39, 0.29) is 0 Å². The zero-order valence-electron chi connectivity index (χ0n) is 15.2. The largest absolute Gasteiger partial charge is 0.444 e. The van der Waals surface area contributed by atoms with Gasteiger partial charge in [0.05, 0.1) is 18.8 Å². The van der Waals surface area contributed by atoms with Gasteiger partial charge in [-0.3, -0.25) is 0 Å². The van der Waals surface area contributed by atoms with Gasteiger partial charge in [-0.1, -0.05) is 18.2 Å². The second kappa shape index (κ2) is 8.62. The number of oxazole rings is 1. The van der Waals surface area contributed by atoms with Crippen molar-refractivity contribution in [1.82, 2.24) is 20.6 Å². The molecule has 0 saturated heterocycles. The fraction of sp³-hybridized carbons (Fsp3) is 0.316. The molecule has 3 rings (SSSR count). The number of hydrogen-bond acceptors (Lipinski definition) is 5. The van der Waals surface area contributed by atoms with Gasteiger partial charge >= 0.3 is 0 Å². The van der Waals surface area contributed by atoms with Gasteiger partial charge in [-0.15, -0.1) is 11.3 Å². The number of rotatable bonds is 6. The zero-order valence-corrected chi connectivity index (χ0v) is 16.1. The first-order valence-corrected chi connectivity index (χ1v) is 9.42. The Kier molecular flexibility index (Phi) is 6.01. The lowest BCUT2D eigenvalue weighted by Crippen LogP contribution is -2.36. The third kappa shape index (κ3) is 4.70. The molecule has 2 N–H and O–H groups in total. The molecular formula is C19H23N5OS. The summed E-state index contributed by atoms with van der Waals surface area (Å²) in [5, 5.41) is 7.61. The van der Waals surface area contributed by atoms with Crippen molar-refractivity contribution in [3.05, 3.63) is 57.9 Å². The smallest absolute Gasteiger partial charge is 0.226 e. The number of aliphatic imine (C=N–C) groups is 1. The molecule has 7 heteroatoms. The molecular weight excluding hydrogens is 346 g/mol. The molecule has 0 aliphatic rings. The number of guanidine groups is 1. The minimum Gasteiger partial charge on any atom is -0.444 e. The molecule has 3 aromatic rings. The Balaban J connectivity index is 1.63. The van der Waals surface area contributed by atoms with E-state index in [0.717, 1.165) is 34.5 Å². The Morgan fingerprint density at radius 1 is 1.15 bits per heavy atom. The summed E-state index contributed by atoms with van der Waals surface area (Å²) in [4.78, 5) is 14.9. The van der Waals surface area contributed by atoms with Crippen LogP contribution >= 0.6 is 11.3 Å². The predicted molar refractivity (Wildman–Crippen MR) is 105 cm³/mol. The molecule has 0 spiro atoms. The third-order valence-corrected chi connectivity index (χ3v) is 4.87. The molecule has 0 aliphatic carbocycles. The van der Waals surface area contributed by atoms with Crippen LogP contribution in [0.4, 0.5) is 0 Å². The molecule has 0 unspecified atom stereocenters. The van der Waals surface area contributed by atoms with Gasteiger partial charge in [-0.25, -0.2) is 15.0 Å². The van der Waals surface area contributed by atoms with E-state index >= 15 is 0 Å². The van der Waals surface area contributed by atoms with E-state index in [0.29, 0.717) is 19.0 Å². The Hall–Kier alpha value is -2.67. The Bertz CT molecular complexity index is 850. The highest BCUT2D eigenvalue weighted by Gasteiger charge is 2.07. The van der Waals surface area contributed by atoms with Crippen LogP contribution < -0.4 is 10.6 Å². The second-order valence-electron chi connectivity index (χ2n) is 5.81. The molecule has 1 aromatic carbocycles. The van der Waals surface area contributed by atoms with Gasteiger partial charge in [0.2, 0.25) is 5.89 Å². The van der Waals surface area contributed by atoms with Crippen LogP contribution in [0.15, 0.2) is 46.0 Å².